The topological polar surface area (TPSA) is 121 Å². The Morgan fingerprint density at radius 2 is 2.00 bits per heavy atom. The number of fused-ring (bicyclic) bond motifs is 3. The van der Waals surface area contributed by atoms with Crippen LogP contribution in [0.2, 0.25) is 0 Å². The van der Waals surface area contributed by atoms with Crippen LogP contribution in [0.4, 0.5) is 21.8 Å². The number of nitriles is 1. The maximum absolute atomic E-state index is 15.2. The van der Waals surface area contributed by atoms with E-state index >= 15 is 4.39 Å². The van der Waals surface area contributed by atoms with Gasteiger partial charge in [-0.05, 0) is 57.9 Å². The first-order valence-electron chi connectivity index (χ1n) is 13.8. The zero-order valence-electron chi connectivity index (χ0n) is 23.5. The molecule has 0 radical (unpaired) electrons. The molecule has 1 aromatic carbocycles. The van der Waals surface area contributed by atoms with E-state index in [1.165, 1.54) is 19.2 Å². The molecule has 1 aliphatic carbocycles. The summed E-state index contributed by atoms with van der Waals surface area (Å²) in [5.41, 5.74) is 2.14. The molecule has 1 saturated carbocycles. The summed E-state index contributed by atoms with van der Waals surface area (Å²) in [7, 11) is 1.47. The van der Waals surface area contributed by atoms with Crippen molar-refractivity contribution < 1.29 is 13.9 Å². The fourth-order valence-corrected chi connectivity index (χ4v) is 5.80. The first kappa shape index (κ1) is 27.4. The highest BCUT2D eigenvalue weighted by atomic mass is 19.1. The summed E-state index contributed by atoms with van der Waals surface area (Å²) in [6.45, 7) is 8.40. The van der Waals surface area contributed by atoms with Crippen molar-refractivity contribution in [3.8, 4) is 17.5 Å². The monoisotopic (exact) mass is 546 g/mol. The van der Waals surface area contributed by atoms with Crippen molar-refractivity contribution in [1.82, 2.24) is 24.8 Å². The number of anilines is 3. The second kappa shape index (κ2) is 11.1. The minimum atomic E-state index is -0.662. The predicted octanol–water partition coefficient (Wildman–Crippen LogP) is 5.41. The van der Waals surface area contributed by atoms with E-state index in [4.69, 9.17) is 9.72 Å². The molecule has 2 aromatic heterocycles. The van der Waals surface area contributed by atoms with Crippen molar-refractivity contribution >= 4 is 23.4 Å². The Morgan fingerprint density at radius 3 is 2.65 bits per heavy atom. The van der Waals surface area contributed by atoms with Crippen LogP contribution < -0.4 is 20.3 Å². The molecule has 0 saturated heterocycles. The third kappa shape index (κ3) is 4.94. The van der Waals surface area contributed by atoms with E-state index < -0.39 is 11.7 Å². The molecular weight excluding hydrogens is 511 g/mol. The summed E-state index contributed by atoms with van der Waals surface area (Å²) in [5, 5.41) is 15.7. The summed E-state index contributed by atoms with van der Waals surface area (Å²) in [4.78, 5) is 28.6. The normalized spacial score (nSPS) is 19.9. The van der Waals surface area contributed by atoms with Gasteiger partial charge in [0.25, 0.3) is 5.91 Å². The molecule has 210 valence electrons. The lowest BCUT2D eigenvalue weighted by molar-refractivity contribution is 0.0918. The molecule has 2 N–H and O–H groups in total. The van der Waals surface area contributed by atoms with Crippen LogP contribution in [0.3, 0.4) is 0 Å². The van der Waals surface area contributed by atoms with Gasteiger partial charge in [0.05, 0.1) is 36.3 Å². The lowest BCUT2D eigenvalue weighted by atomic mass is 9.87. The van der Waals surface area contributed by atoms with Crippen molar-refractivity contribution in [3.63, 3.8) is 0 Å². The highest BCUT2D eigenvalue weighted by Gasteiger charge is 2.36. The molecule has 10 nitrogen and oxygen atoms in total. The summed E-state index contributed by atoms with van der Waals surface area (Å²) >= 11 is 0. The number of hydrogen-bond donors (Lipinski definition) is 2. The van der Waals surface area contributed by atoms with Gasteiger partial charge in [0, 0.05) is 18.2 Å². The summed E-state index contributed by atoms with van der Waals surface area (Å²) in [6, 6.07) is 4.85. The van der Waals surface area contributed by atoms with Crippen LogP contribution >= 0.6 is 0 Å². The van der Waals surface area contributed by atoms with Crippen molar-refractivity contribution in [1.29, 1.82) is 5.26 Å². The minimum absolute atomic E-state index is 0.0480. The Balaban J connectivity index is 1.45. The SMILES string of the molecule is CCC1c2c(C#N)ncn2-c2cnc(Nc3cc(F)c(C(=O)NC4CCC(C)CC4)cc3OC)nc2N1C(C)C. The number of carbonyl (C=O) groups is 1. The Morgan fingerprint density at radius 1 is 1.25 bits per heavy atom. The number of nitrogens with zero attached hydrogens (tertiary/aromatic N) is 6. The summed E-state index contributed by atoms with van der Waals surface area (Å²) in [6.07, 6.45) is 7.92. The van der Waals surface area contributed by atoms with Crippen LogP contribution in [0.25, 0.3) is 5.69 Å². The molecule has 0 bridgehead atoms. The van der Waals surface area contributed by atoms with Crippen LogP contribution in [0.1, 0.15) is 87.6 Å². The molecule has 3 heterocycles. The molecule has 1 unspecified atom stereocenters. The van der Waals surface area contributed by atoms with E-state index in [-0.39, 0.29) is 29.6 Å². The van der Waals surface area contributed by atoms with E-state index in [9.17, 15) is 10.1 Å². The van der Waals surface area contributed by atoms with E-state index in [1.807, 2.05) is 4.57 Å². The first-order valence-corrected chi connectivity index (χ1v) is 13.8. The van der Waals surface area contributed by atoms with Gasteiger partial charge in [0.2, 0.25) is 5.95 Å². The van der Waals surface area contributed by atoms with Crippen molar-refractivity contribution in [2.45, 2.75) is 77.9 Å². The van der Waals surface area contributed by atoms with E-state index in [0.717, 1.165) is 37.8 Å². The lowest BCUT2D eigenvalue weighted by Crippen LogP contribution is -2.40. The van der Waals surface area contributed by atoms with Crippen molar-refractivity contribution in [3.05, 3.63) is 47.4 Å². The molecule has 1 atom stereocenters. The Hall–Kier alpha value is -4.20. The maximum atomic E-state index is 15.2. The van der Waals surface area contributed by atoms with Crippen molar-refractivity contribution in [2.24, 2.45) is 5.92 Å². The smallest absolute Gasteiger partial charge is 0.254 e. The average Bonchev–Trinajstić information content (AvgIpc) is 3.37. The quantitative estimate of drug-likeness (QED) is 0.403. The van der Waals surface area contributed by atoms with Gasteiger partial charge in [-0.3, -0.25) is 9.36 Å². The fraction of sp³-hybridized carbons (Fsp3) is 0.483. The number of carbonyl (C=O) groups excluding carboxylic acids is 1. The third-order valence-corrected chi connectivity index (χ3v) is 7.89. The molecule has 5 rings (SSSR count). The number of nitrogens with one attached hydrogen (secondary N) is 2. The second-order valence-electron chi connectivity index (χ2n) is 10.9. The van der Waals surface area contributed by atoms with Gasteiger partial charge in [-0.25, -0.2) is 14.4 Å². The van der Waals surface area contributed by atoms with Gasteiger partial charge in [-0.15, -0.1) is 0 Å². The first-order chi connectivity index (χ1) is 19.2. The number of benzene rings is 1. The molecular formula is C29H35FN8O2. The largest absolute Gasteiger partial charge is 0.495 e. The van der Waals surface area contributed by atoms with Crippen LogP contribution in [-0.4, -0.2) is 44.6 Å². The van der Waals surface area contributed by atoms with Gasteiger partial charge in [-0.1, -0.05) is 13.8 Å². The van der Waals surface area contributed by atoms with Crippen molar-refractivity contribution in [2.75, 3.05) is 17.3 Å². The third-order valence-electron chi connectivity index (χ3n) is 7.89. The van der Waals surface area contributed by atoms with Gasteiger partial charge >= 0.3 is 0 Å². The molecule has 1 amide bonds. The van der Waals surface area contributed by atoms with Crippen LogP contribution in [0.5, 0.6) is 5.75 Å². The molecule has 3 aromatic rings. The highest BCUT2D eigenvalue weighted by Crippen LogP contribution is 2.42. The average molecular weight is 547 g/mol. The number of hydrogen-bond acceptors (Lipinski definition) is 8. The van der Waals surface area contributed by atoms with Crippen LogP contribution in [0.15, 0.2) is 24.7 Å². The number of imidazole rings is 1. The number of methoxy groups -OCH3 is 1. The maximum Gasteiger partial charge on any atom is 0.254 e. The number of halogens is 1. The van der Waals surface area contributed by atoms with E-state index in [2.05, 4.69) is 59.3 Å². The summed E-state index contributed by atoms with van der Waals surface area (Å²) in [5.74, 6) is 0.759. The number of ether oxygens (including phenoxy) is 1. The van der Waals surface area contributed by atoms with E-state index in [0.29, 0.717) is 34.6 Å². The predicted molar refractivity (Wildman–Crippen MR) is 150 cm³/mol. The van der Waals surface area contributed by atoms with Gasteiger partial charge in [-0.2, -0.15) is 10.2 Å². The molecule has 11 heteroatoms. The van der Waals surface area contributed by atoms with Gasteiger partial charge < -0.3 is 20.3 Å². The molecule has 2 aliphatic rings. The Bertz CT molecular complexity index is 1450. The molecule has 1 aliphatic heterocycles. The molecule has 1 fully saturated rings. The number of aromatic nitrogens is 4. The van der Waals surface area contributed by atoms with Crippen LogP contribution in [-0.2, 0) is 0 Å². The Labute approximate surface area is 233 Å². The second-order valence-corrected chi connectivity index (χ2v) is 10.9. The minimum Gasteiger partial charge on any atom is -0.495 e. The van der Waals surface area contributed by atoms with Gasteiger partial charge in [0.15, 0.2) is 11.5 Å². The van der Waals surface area contributed by atoms with E-state index in [1.54, 1.807) is 12.5 Å². The van der Waals surface area contributed by atoms with Gasteiger partial charge in [0.1, 0.15) is 29.7 Å². The number of rotatable bonds is 7. The van der Waals surface area contributed by atoms with Crippen LogP contribution in [0, 0.1) is 23.1 Å². The zero-order valence-corrected chi connectivity index (χ0v) is 23.5. The Kier molecular flexibility index (Phi) is 7.61. The lowest BCUT2D eigenvalue weighted by Gasteiger charge is -2.40. The standard InChI is InChI=1S/C29H35FN8O2/c1-6-23-26-22(13-31)33-15-37(26)24-14-32-29(36-27(24)38(23)16(2)3)35-21-12-20(30)19(11-25(21)40-5)28(39)34-18-9-7-17(4)8-10-18/h11-12,14-18,23H,6-10H2,1-5H3,(H,34,39)(H,32,35,36). The molecule has 40 heavy (non-hydrogen) atoms. The highest BCUT2D eigenvalue weighted by molar-refractivity contribution is 5.96. The number of amides is 1. The summed E-state index contributed by atoms with van der Waals surface area (Å²) < 4.78 is 22.6. The molecule has 0 spiro atoms. The fourth-order valence-electron chi connectivity index (χ4n) is 5.80. The zero-order chi connectivity index (χ0) is 28.6.